The van der Waals surface area contributed by atoms with Crippen molar-refractivity contribution in [1.82, 2.24) is 20.1 Å². The Morgan fingerprint density at radius 1 is 1.03 bits per heavy atom. The Morgan fingerprint density at radius 3 is 2.62 bits per heavy atom. The number of H-pyrrole nitrogens is 1. The highest BCUT2D eigenvalue weighted by Crippen LogP contribution is 2.34. The zero-order valence-corrected chi connectivity index (χ0v) is 19.9. The molecular formula is C27H19ClN6O3. The summed E-state index contributed by atoms with van der Waals surface area (Å²) in [4.78, 5) is 30.8. The first-order valence-electron chi connectivity index (χ1n) is 11.4. The molecule has 3 aromatic carbocycles. The third kappa shape index (κ3) is 4.01. The fourth-order valence-corrected chi connectivity index (χ4v) is 4.58. The summed E-state index contributed by atoms with van der Waals surface area (Å²) >= 11 is 6.23. The van der Waals surface area contributed by atoms with E-state index in [-0.39, 0.29) is 17.4 Å². The average Bonchev–Trinajstić information content (AvgIpc) is 3.49. The lowest BCUT2D eigenvalue weighted by Crippen LogP contribution is -2.42. The molecule has 2 amide bonds. The van der Waals surface area contributed by atoms with Crippen LogP contribution < -0.4 is 10.6 Å². The molecule has 3 heterocycles. The van der Waals surface area contributed by atoms with Gasteiger partial charge in [0.2, 0.25) is 12.0 Å². The number of aliphatic imine (C=N–C) groups is 1. The van der Waals surface area contributed by atoms with Crippen LogP contribution in [-0.4, -0.2) is 43.6 Å². The van der Waals surface area contributed by atoms with E-state index in [2.05, 4.69) is 25.8 Å². The van der Waals surface area contributed by atoms with Crippen molar-refractivity contribution >= 4 is 45.6 Å². The number of hydrogen-bond acceptors (Lipinski definition) is 5. The predicted molar refractivity (Wildman–Crippen MR) is 141 cm³/mol. The van der Waals surface area contributed by atoms with Gasteiger partial charge in [-0.1, -0.05) is 72.3 Å². The van der Waals surface area contributed by atoms with E-state index >= 15 is 0 Å². The van der Waals surface area contributed by atoms with E-state index in [1.54, 1.807) is 24.4 Å². The van der Waals surface area contributed by atoms with E-state index < -0.39 is 18.0 Å². The van der Waals surface area contributed by atoms with Crippen molar-refractivity contribution in [3.63, 3.8) is 0 Å². The Kier molecular flexibility index (Phi) is 5.46. The first-order valence-corrected chi connectivity index (χ1v) is 11.8. The molecule has 4 N–H and O–H groups in total. The highest BCUT2D eigenvalue weighted by molar-refractivity contribution is 6.36. The summed E-state index contributed by atoms with van der Waals surface area (Å²) in [5.74, 6) is -0.885. The van der Waals surface area contributed by atoms with Gasteiger partial charge in [-0.05, 0) is 12.1 Å². The maximum Gasteiger partial charge on any atom is 0.271 e. The van der Waals surface area contributed by atoms with E-state index in [1.165, 1.54) is 10.6 Å². The van der Waals surface area contributed by atoms with Crippen molar-refractivity contribution in [3.8, 4) is 11.7 Å². The van der Waals surface area contributed by atoms with E-state index in [1.807, 2.05) is 54.6 Å². The number of benzodiazepines with no additional fused rings is 1. The summed E-state index contributed by atoms with van der Waals surface area (Å²) in [6.45, 7) is 0. The monoisotopic (exact) mass is 510 g/mol. The van der Waals surface area contributed by atoms with Crippen LogP contribution in [0.4, 0.5) is 5.69 Å². The number of fused-ring (bicyclic) bond motifs is 2. The Balaban J connectivity index is 1.32. The lowest BCUT2D eigenvalue weighted by molar-refractivity contribution is -0.117. The van der Waals surface area contributed by atoms with Crippen LogP contribution in [0.5, 0.6) is 5.88 Å². The Hall–Kier alpha value is -4.89. The molecule has 37 heavy (non-hydrogen) atoms. The van der Waals surface area contributed by atoms with Gasteiger partial charge in [0, 0.05) is 28.8 Å². The van der Waals surface area contributed by atoms with Crippen LogP contribution in [0.15, 0.2) is 90.1 Å². The molecule has 182 valence electrons. The lowest BCUT2D eigenvalue weighted by Gasteiger charge is -2.12. The summed E-state index contributed by atoms with van der Waals surface area (Å²) in [5, 5.41) is 24.6. The fourth-order valence-electron chi connectivity index (χ4n) is 4.31. The van der Waals surface area contributed by atoms with Gasteiger partial charge in [0.05, 0.1) is 21.8 Å². The summed E-state index contributed by atoms with van der Waals surface area (Å²) < 4.78 is 1.42. The van der Waals surface area contributed by atoms with Crippen LogP contribution in [0.3, 0.4) is 0 Å². The van der Waals surface area contributed by atoms with E-state index in [0.717, 1.165) is 16.5 Å². The molecule has 6 rings (SSSR count). The van der Waals surface area contributed by atoms with Crippen LogP contribution in [-0.2, 0) is 4.79 Å². The maximum atomic E-state index is 13.1. The number of para-hydroxylation sites is 1. The number of carbonyl (C=O) groups is 2. The molecule has 5 aromatic rings. The molecule has 10 heteroatoms. The van der Waals surface area contributed by atoms with Gasteiger partial charge < -0.3 is 15.7 Å². The third-order valence-electron chi connectivity index (χ3n) is 6.08. The van der Waals surface area contributed by atoms with Crippen molar-refractivity contribution in [3.05, 3.63) is 107 Å². The molecule has 0 saturated carbocycles. The van der Waals surface area contributed by atoms with E-state index in [4.69, 9.17) is 11.6 Å². The Morgan fingerprint density at radius 2 is 1.81 bits per heavy atom. The van der Waals surface area contributed by atoms with Gasteiger partial charge in [0.25, 0.3) is 11.8 Å². The van der Waals surface area contributed by atoms with Crippen LogP contribution in [0.25, 0.3) is 16.6 Å². The van der Waals surface area contributed by atoms with Crippen LogP contribution in [0, 0.1) is 0 Å². The number of benzene rings is 3. The number of aromatic nitrogens is 3. The molecule has 1 unspecified atom stereocenters. The molecule has 0 saturated heterocycles. The topological polar surface area (TPSA) is 124 Å². The number of nitrogens with zero attached hydrogens (tertiary/aromatic N) is 3. The number of carbonyl (C=O) groups excluding carboxylic acids is 2. The number of halogens is 1. The number of anilines is 1. The predicted octanol–water partition coefficient (Wildman–Crippen LogP) is 4.26. The van der Waals surface area contributed by atoms with Crippen molar-refractivity contribution in [2.75, 3.05) is 5.32 Å². The second kappa shape index (κ2) is 8.96. The lowest BCUT2D eigenvalue weighted by atomic mass is 10.0. The summed E-state index contributed by atoms with van der Waals surface area (Å²) in [6, 6.07) is 23.5. The molecule has 9 nitrogen and oxygen atoms in total. The SMILES string of the molecule is O=C(NC1N=C(c2ccccc2)c2ccccc2NC1=O)c1cc(-n2cc3cccc(Cl)c3c2O)n[nH]1. The molecule has 1 atom stereocenters. The van der Waals surface area contributed by atoms with Gasteiger partial charge in [-0.25, -0.2) is 4.99 Å². The highest BCUT2D eigenvalue weighted by Gasteiger charge is 2.28. The summed E-state index contributed by atoms with van der Waals surface area (Å²) in [6.07, 6.45) is 0.476. The zero-order chi connectivity index (χ0) is 25.5. The van der Waals surface area contributed by atoms with Crippen molar-refractivity contribution < 1.29 is 14.7 Å². The number of rotatable bonds is 4. The molecule has 0 fully saturated rings. The number of hydrogen-bond donors (Lipinski definition) is 4. The number of aromatic hydroxyl groups is 1. The number of amides is 2. The standard InChI is InChI=1S/C27H19ClN6O3/c28-18-11-6-9-16-14-34(27(37)22(16)18)21-13-20(32-33-21)25(35)31-24-26(36)29-19-12-5-4-10-17(19)23(30-24)15-7-2-1-3-8-15/h1-14,24,37H,(H,29,36)(H,31,35)(H,32,33). The molecule has 1 aliphatic heterocycles. The van der Waals surface area contributed by atoms with Gasteiger partial charge in [-0.15, -0.1) is 0 Å². The number of nitrogens with one attached hydrogen (secondary N) is 3. The normalized spacial score (nSPS) is 15.0. The largest absolute Gasteiger partial charge is 0.494 e. The molecular weight excluding hydrogens is 492 g/mol. The third-order valence-corrected chi connectivity index (χ3v) is 6.40. The molecule has 0 spiro atoms. The van der Waals surface area contributed by atoms with Crippen LogP contribution in [0.1, 0.15) is 21.6 Å². The molecule has 0 bridgehead atoms. The zero-order valence-electron chi connectivity index (χ0n) is 19.1. The molecule has 0 radical (unpaired) electrons. The van der Waals surface area contributed by atoms with Gasteiger partial charge in [0.1, 0.15) is 5.69 Å². The first-order chi connectivity index (χ1) is 18.0. The van der Waals surface area contributed by atoms with E-state index in [0.29, 0.717) is 21.8 Å². The van der Waals surface area contributed by atoms with Gasteiger partial charge >= 0.3 is 0 Å². The van der Waals surface area contributed by atoms with Gasteiger partial charge in [0.15, 0.2) is 5.82 Å². The van der Waals surface area contributed by atoms with Crippen LogP contribution >= 0.6 is 11.6 Å². The number of aromatic amines is 1. The maximum absolute atomic E-state index is 13.1. The van der Waals surface area contributed by atoms with Crippen LogP contribution in [0.2, 0.25) is 5.02 Å². The molecule has 2 aromatic heterocycles. The summed E-state index contributed by atoms with van der Waals surface area (Å²) in [7, 11) is 0. The molecule has 0 aliphatic carbocycles. The van der Waals surface area contributed by atoms with Gasteiger partial charge in [-0.2, -0.15) is 5.10 Å². The van der Waals surface area contributed by atoms with Crippen molar-refractivity contribution in [1.29, 1.82) is 0 Å². The second-order valence-corrected chi connectivity index (χ2v) is 8.83. The minimum Gasteiger partial charge on any atom is -0.494 e. The Bertz CT molecular complexity index is 1710. The van der Waals surface area contributed by atoms with Gasteiger partial charge in [-0.3, -0.25) is 19.3 Å². The van der Waals surface area contributed by atoms with Crippen molar-refractivity contribution in [2.24, 2.45) is 4.99 Å². The highest BCUT2D eigenvalue weighted by atomic mass is 35.5. The summed E-state index contributed by atoms with van der Waals surface area (Å²) in [5.41, 5.74) is 2.82. The minimum absolute atomic E-state index is 0.0873. The quantitative estimate of drug-likeness (QED) is 0.288. The second-order valence-electron chi connectivity index (χ2n) is 8.42. The minimum atomic E-state index is -1.19. The Labute approximate surface area is 215 Å². The molecule has 1 aliphatic rings. The average molecular weight is 511 g/mol. The fraction of sp³-hybridized carbons (Fsp3) is 0.0370. The first kappa shape index (κ1) is 22.6. The van der Waals surface area contributed by atoms with E-state index in [9.17, 15) is 14.7 Å². The van der Waals surface area contributed by atoms with Crippen molar-refractivity contribution in [2.45, 2.75) is 6.17 Å². The smallest absolute Gasteiger partial charge is 0.271 e.